The van der Waals surface area contributed by atoms with Crippen LogP contribution in [0.1, 0.15) is 25.5 Å². The Hall–Kier alpha value is -2.51. The lowest BCUT2D eigenvalue weighted by molar-refractivity contribution is 0.516. The summed E-state index contributed by atoms with van der Waals surface area (Å²) in [5.41, 5.74) is 0.276. The highest BCUT2D eigenvalue weighted by Crippen LogP contribution is 2.20. The van der Waals surface area contributed by atoms with Gasteiger partial charge in [0.25, 0.3) is 5.56 Å². The summed E-state index contributed by atoms with van der Waals surface area (Å²) in [5, 5.41) is 3.15. The van der Waals surface area contributed by atoms with Crippen molar-refractivity contribution in [3.63, 3.8) is 0 Å². The first kappa shape index (κ1) is 16.4. The Morgan fingerprint density at radius 3 is 3.00 bits per heavy atom. The summed E-state index contributed by atoms with van der Waals surface area (Å²) in [6.07, 6.45) is 6.92. The number of nitrogens with zero attached hydrogens (tertiary/aromatic N) is 5. The van der Waals surface area contributed by atoms with E-state index in [0.29, 0.717) is 24.5 Å². The van der Waals surface area contributed by atoms with Crippen molar-refractivity contribution in [2.75, 3.05) is 23.3 Å². The van der Waals surface area contributed by atoms with Crippen LogP contribution in [0.2, 0.25) is 0 Å². The van der Waals surface area contributed by atoms with Gasteiger partial charge in [0.1, 0.15) is 6.33 Å². The molecule has 0 bridgehead atoms. The molecule has 1 aliphatic rings. The summed E-state index contributed by atoms with van der Waals surface area (Å²) in [6, 6.07) is -0.000400. The Kier molecular flexibility index (Phi) is 4.73. The molecule has 1 fully saturated rings. The van der Waals surface area contributed by atoms with E-state index in [-0.39, 0.29) is 17.4 Å². The van der Waals surface area contributed by atoms with Crippen molar-refractivity contribution in [1.29, 1.82) is 0 Å². The third kappa shape index (κ3) is 3.22. The summed E-state index contributed by atoms with van der Waals surface area (Å²) in [5.74, 6) is 0.261. The lowest BCUT2D eigenvalue weighted by atomic mass is 10.1. The maximum Gasteiger partial charge on any atom is 0.293 e. The Morgan fingerprint density at radius 2 is 2.21 bits per heavy atom. The number of hydrogen-bond donors (Lipinski definition) is 1. The van der Waals surface area contributed by atoms with Crippen LogP contribution >= 0.6 is 0 Å². The van der Waals surface area contributed by atoms with E-state index < -0.39 is 5.82 Å². The van der Waals surface area contributed by atoms with Gasteiger partial charge in [-0.2, -0.15) is 0 Å². The maximum absolute atomic E-state index is 14.3. The predicted octanol–water partition coefficient (Wildman–Crippen LogP) is 1.35. The molecule has 8 heteroatoms. The number of nitrogens with one attached hydrogen (secondary N) is 1. The predicted molar refractivity (Wildman–Crippen MR) is 89.7 cm³/mol. The second-order valence-electron chi connectivity index (χ2n) is 5.93. The molecule has 1 atom stereocenters. The quantitative estimate of drug-likeness (QED) is 0.911. The van der Waals surface area contributed by atoms with Crippen molar-refractivity contribution < 1.29 is 4.39 Å². The molecule has 24 heavy (non-hydrogen) atoms. The molecule has 3 rings (SSSR count). The summed E-state index contributed by atoms with van der Waals surface area (Å²) >= 11 is 0. The standard InChI is InChI=1S/C16H21FN6O/c1-3-12-13(17)14(20-10-19-12)21-11-5-4-7-23(9-11)15-16(24)22(2)8-6-18-15/h6,8,10-11H,3-5,7,9H2,1-2H3,(H,19,20,21)/t11-/m1/s1. The summed E-state index contributed by atoms with van der Waals surface area (Å²) in [7, 11) is 1.70. The molecule has 0 saturated carbocycles. The molecule has 1 aliphatic heterocycles. The van der Waals surface area contributed by atoms with Crippen molar-refractivity contribution in [3.8, 4) is 0 Å². The van der Waals surface area contributed by atoms with Crippen LogP contribution in [0.15, 0.2) is 23.5 Å². The van der Waals surface area contributed by atoms with Gasteiger partial charge in [-0.25, -0.2) is 19.3 Å². The van der Waals surface area contributed by atoms with Gasteiger partial charge >= 0.3 is 0 Å². The third-order valence-electron chi connectivity index (χ3n) is 4.26. The van der Waals surface area contributed by atoms with Crippen molar-refractivity contribution in [3.05, 3.63) is 40.6 Å². The minimum absolute atomic E-state index is 0.000400. The first-order valence-corrected chi connectivity index (χ1v) is 8.12. The zero-order valence-corrected chi connectivity index (χ0v) is 13.9. The molecule has 128 valence electrons. The van der Waals surface area contributed by atoms with E-state index in [1.165, 1.54) is 10.9 Å². The molecular formula is C16H21FN6O. The van der Waals surface area contributed by atoms with Crippen LogP contribution in [0.3, 0.4) is 0 Å². The van der Waals surface area contributed by atoms with Crippen LogP contribution in [0.5, 0.6) is 0 Å². The van der Waals surface area contributed by atoms with Gasteiger partial charge in [0, 0.05) is 38.6 Å². The van der Waals surface area contributed by atoms with Crippen molar-refractivity contribution in [2.24, 2.45) is 7.05 Å². The third-order valence-corrected chi connectivity index (χ3v) is 4.26. The number of halogens is 1. The SMILES string of the molecule is CCc1ncnc(N[C@@H]2CCCN(c3nccn(C)c3=O)C2)c1F. The molecular weight excluding hydrogens is 311 g/mol. The molecule has 3 heterocycles. The van der Waals surface area contributed by atoms with Crippen LogP contribution in [-0.2, 0) is 13.5 Å². The fraction of sp³-hybridized carbons (Fsp3) is 0.500. The van der Waals surface area contributed by atoms with Crippen molar-refractivity contribution in [1.82, 2.24) is 19.5 Å². The van der Waals surface area contributed by atoms with E-state index in [0.717, 1.165) is 19.4 Å². The molecule has 7 nitrogen and oxygen atoms in total. The average Bonchev–Trinajstić information content (AvgIpc) is 2.59. The van der Waals surface area contributed by atoms with Gasteiger partial charge in [0.05, 0.1) is 5.69 Å². The molecule has 0 aromatic carbocycles. The van der Waals surface area contributed by atoms with Gasteiger partial charge in [-0.3, -0.25) is 4.79 Å². The number of hydrogen-bond acceptors (Lipinski definition) is 6. The van der Waals surface area contributed by atoms with E-state index in [2.05, 4.69) is 20.3 Å². The number of aromatic nitrogens is 4. The van der Waals surface area contributed by atoms with E-state index in [4.69, 9.17) is 0 Å². The van der Waals surface area contributed by atoms with Crippen LogP contribution < -0.4 is 15.8 Å². The molecule has 0 spiro atoms. The molecule has 2 aromatic heterocycles. The van der Waals surface area contributed by atoms with Gasteiger partial charge < -0.3 is 14.8 Å². The fourth-order valence-corrected chi connectivity index (χ4v) is 2.94. The lowest BCUT2D eigenvalue weighted by Gasteiger charge is -2.33. The Labute approximate surface area is 139 Å². The summed E-state index contributed by atoms with van der Waals surface area (Å²) in [4.78, 5) is 26.3. The van der Waals surface area contributed by atoms with Crippen LogP contribution in [-0.4, -0.2) is 38.7 Å². The normalized spacial score (nSPS) is 17.8. The molecule has 1 saturated heterocycles. The number of aryl methyl sites for hydroxylation is 2. The maximum atomic E-state index is 14.3. The highest BCUT2D eigenvalue weighted by atomic mass is 19.1. The Morgan fingerprint density at radius 1 is 1.38 bits per heavy atom. The largest absolute Gasteiger partial charge is 0.363 e. The van der Waals surface area contributed by atoms with Gasteiger partial charge in [-0.1, -0.05) is 6.92 Å². The minimum atomic E-state index is -0.397. The molecule has 0 amide bonds. The monoisotopic (exact) mass is 332 g/mol. The van der Waals surface area contributed by atoms with E-state index in [1.807, 2.05) is 11.8 Å². The molecule has 0 unspecified atom stereocenters. The summed E-state index contributed by atoms with van der Waals surface area (Å²) < 4.78 is 15.8. The molecule has 0 radical (unpaired) electrons. The zero-order valence-electron chi connectivity index (χ0n) is 13.9. The second kappa shape index (κ2) is 6.94. The number of anilines is 2. The van der Waals surface area contributed by atoms with Crippen LogP contribution in [0.25, 0.3) is 0 Å². The minimum Gasteiger partial charge on any atom is -0.363 e. The van der Waals surface area contributed by atoms with E-state index >= 15 is 0 Å². The van der Waals surface area contributed by atoms with Gasteiger partial charge in [-0.05, 0) is 19.3 Å². The fourth-order valence-electron chi connectivity index (χ4n) is 2.94. The van der Waals surface area contributed by atoms with E-state index in [9.17, 15) is 9.18 Å². The van der Waals surface area contributed by atoms with Gasteiger partial charge in [-0.15, -0.1) is 0 Å². The molecule has 2 aromatic rings. The smallest absolute Gasteiger partial charge is 0.293 e. The summed E-state index contributed by atoms with van der Waals surface area (Å²) in [6.45, 7) is 3.20. The van der Waals surface area contributed by atoms with E-state index in [1.54, 1.807) is 19.4 Å². The number of piperidine rings is 1. The first-order valence-electron chi connectivity index (χ1n) is 8.12. The molecule has 1 N–H and O–H groups in total. The van der Waals surface area contributed by atoms with Gasteiger partial charge in [0.15, 0.2) is 17.5 Å². The van der Waals surface area contributed by atoms with Crippen molar-refractivity contribution in [2.45, 2.75) is 32.2 Å². The highest BCUT2D eigenvalue weighted by molar-refractivity contribution is 5.42. The van der Waals surface area contributed by atoms with Crippen LogP contribution in [0, 0.1) is 5.82 Å². The average molecular weight is 332 g/mol. The zero-order chi connectivity index (χ0) is 17.1. The van der Waals surface area contributed by atoms with Crippen LogP contribution in [0.4, 0.5) is 16.0 Å². The Bertz CT molecular complexity index is 777. The number of rotatable bonds is 4. The van der Waals surface area contributed by atoms with Gasteiger partial charge in [0.2, 0.25) is 0 Å². The van der Waals surface area contributed by atoms with Crippen molar-refractivity contribution >= 4 is 11.6 Å². The topological polar surface area (TPSA) is 75.9 Å². The molecule has 0 aliphatic carbocycles. The second-order valence-corrected chi connectivity index (χ2v) is 5.93. The highest BCUT2D eigenvalue weighted by Gasteiger charge is 2.24. The first-order chi connectivity index (χ1) is 11.6. The lowest BCUT2D eigenvalue weighted by Crippen LogP contribution is -2.45. The Balaban J connectivity index is 1.77.